The fourth-order valence-electron chi connectivity index (χ4n) is 2.45. The van der Waals surface area contributed by atoms with Crippen LogP contribution in [-0.4, -0.2) is 16.2 Å². The molecule has 0 bridgehead atoms. The molecule has 0 amide bonds. The molecule has 1 heterocycles. The molecule has 0 radical (unpaired) electrons. The predicted molar refractivity (Wildman–Crippen MR) is 94.5 cm³/mol. The van der Waals surface area contributed by atoms with Gasteiger partial charge < -0.3 is 5.73 Å². The predicted octanol–water partition coefficient (Wildman–Crippen LogP) is 4.39. The number of halogens is 1. The lowest BCUT2D eigenvalue weighted by molar-refractivity contribution is 0.631. The number of nitrogens with zero attached hydrogens (tertiary/aromatic N) is 2. The minimum atomic E-state index is -0.319. The summed E-state index contributed by atoms with van der Waals surface area (Å²) in [5.41, 5.74) is 9.52. The van der Waals surface area contributed by atoms with E-state index in [1.165, 1.54) is 18.0 Å². The van der Waals surface area contributed by atoms with Crippen LogP contribution in [0, 0.1) is 5.82 Å². The van der Waals surface area contributed by atoms with E-state index in [4.69, 9.17) is 5.73 Å². The van der Waals surface area contributed by atoms with E-state index in [-0.39, 0.29) is 5.82 Å². The summed E-state index contributed by atoms with van der Waals surface area (Å²) in [6.45, 7) is 0. The van der Waals surface area contributed by atoms with Crippen LogP contribution in [0.15, 0.2) is 54.9 Å². The van der Waals surface area contributed by atoms with Crippen LogP contribution in [0.2, 0.25) is 0 Å². The van der Waals surface area contributed by atoms with Crippen LogP contribution in [0.3, 0.4) is 0 Å². The number of thioether (sulfide) groups is 1. The van der Waals surface area contributed by atoms with Gasteiger partial charge in [-0.1, -0.05) is 30.3 Å². The highest BCUT2D eigenvalue weighted by Crippen LogP contribution is 2.30. The smallest absolute Gasteiger partial charge is 0.141 e. The first-order valence-corrected chi connectivity index (χ1v) is 8.53. The van der Waals surface area contributed by atoms with E-state index in [0.717, 1.165) is 16.9 Å². The minimum Gasteiger partial charge on any atom is -0.382 e. The first-order valence-electron chi connectivity index (χ1n) is 7.13. The summed E-state index contributed by atoms with van der Waals surface area (Å²) >= 11 is 1.75. The monoisotopic (exact) mass is 325 g/mol. The lowest BCUT2D eigenvalue weighted by atomic mass is 9.98. The van der Waals surface area contributed by atoms with Gasteiger partial charge in [-0.3, -0.25) is 4.98 Å². The van der Waals surface area contributed by atoms with E-state index in [9.17, 15) is 4.39 Å². The first-order chi connectivity index (χ1) is 11.2. The van der Waals surface area contributed by atoms with Crippen molar-refractivity contribution >= 4 is 17.6 Å². The maximum absolute atomic E-state index is 14.5. The van der Waals surface area contributed by atoms with Crippen molar-refractivity contribution < 1.29 is 4.39 Å². The zero-order chi connectivity index (χ0) is 16.2. The number of anilines is 1. The summed E-state index contributed by atoms with van der Waals surface area (Å²) in [5.74, 6) is 0.889. The van der Waals surface area contributed by atoms with Gasteiger partial charge in [-0.15, -0.1) is 0 Å². The molecule has 0 saturated heterocycles. The molecular formula is C18H16FN3S. The van der Waals surface area contributed by atoms with Gasteiger partial charge in [-0.25, -0.2) is 9.37 Å². The number of hydrogen-bond donors (Lipinski definition) is 1. The summed E-state index contributed by atoms with van der Waals surface area (Å²) in [5, 5.41) is 0. The van der Waals surface area contributed by atoms with Crippen LogP contribution in [0.4, 0.5) is 10.2 Å². The molecule has 1 aromatic heterocycles. The van der Waals surface area contributed by atoms with Crippen LogP contribution < -0.4 is 5.73 Å². The Kier molecular flexibility index (Phi) is 4.57. The number of nitrogens with two attached hydrogens (primary N) is 1. The second-order valence-corrected chi connectivity index (χ2v) is 5.98. The third-order valence-corrected chi connectivity index (χ3v) is 4.14. The number of hydrogen-bond acceptors (Lipinski definition) is 4. The van der Waals surface area contributed by atoms with Gasteiger partial charge in [0.1, 0.15) is 11.6 Å². The zero-order valence-electron chi connectivity index (χ0n) is 12.7. The molecule has 3 nitrogen and oxygen atoms in total. The van der Waals surface area contributed by atoms with Crippen molar-refractivity contribution in [2.24, 2.45) is 0 Å². The lowest BCUT2D eigenvalue weighted by Gasteiger charge is -2.10. The quantitative estimate of drug-likeness (QED) is 0.772. The Morgan fingerprint density at radius 1 is 1.04 bits per heavy atom. The normalized spacial score (nSPS) is 10.7. The maximum atomic E-state index is 14.5. The highest BCUT2D eigenvalue weighted by atomic mass is 32.2. The number of rotatable bonds is 4. The average Bonchev–Trinajstić information content (AvgIpc) is 2.57. The van der Waals surface area contributed by atoms with Gasteiger partial charge in [0.2, 0.25) is 0 Å². The van der Waals surface area contributed by atoms with E-state index in [1.54, 1.807) is 23.9 Å². The molecule has 2 aromatic carbocycles. The first kappa shape index (κ1) is 15.5. The molecule has 23 heavy (non-hydrogen) atoms. The van der Waals surface area contributed by atoms with Gasteiger partial charge in [0.25, 0.3) is 0 Å². The molecule has 0 aliphatic rings. The van der Waals surface area contributed by atoms with Gasteiger partial charge in [0.15, 0.2) is 0 Å². The fourth-order valence-corrected chi connectivity index (χ4v) is 3.01. The fraction of sp³-hybridized carbons (Fsp3) is 0.111. The molecule has 0 aliphatic carbocycles. The summed E-state index contributed by atoms with van der Waals surface area (Å²) < 4.78 is 14.5. The van der Waals surface area contributed by atoms with Crippen LogP contribution in [-0.2, 0) is 5.75 Å². The SMILES string of the molecule is CSCc1ccccc1-c1ccc(-c2cnc(N)cn2)c(F)c1. The largest absolute Gasteiger partial charge is 0.382 e. The molecule has 3 rings (SSSR count). The van der Waals surface area contributed by atoms with Crippen molar-refractivity contribution in [1.29, 1.82) is 0 Å². The molecule has 0 spiro atoms. The van der Waals surface area contributed by atoms with Crippen molar-refractivity contribution in [3.05, 3.63) is 66.2 Å². The molecule has 0 unspecified atom stereocenters. The van der Waals surface area contributed by atoms with Crippen molar-refractivity contribution in [1.82, 2.24) is 9.97 Å². The maximum Gasteiger partial charge on any atom is 0.141 e. The molecule has 3 aromatic rings. The van der Waals surface area contributed by atoms with Crippen LogP contribution in [0.1, 0.15) is 5.56 Å². The number of nitrogen functional groups attached to an aromatic ring is 1. The lowest BCUT2D eigenvalue weighted by Crippen LogP contribution is -1.95. The van der Waals surface area contributed by atoms with Gasteiger partial charge in [0, 0.05) is 11.3 Å². The van der Waals surface area contributed by atoms with Crippen LogP contribution >= 0.6 is 11.8 Å². The molecule has 2 N–H and O–H groups in total. The molecule has 0 fully saturated rings. The van der Waals surface area contributed by atoms with Crippen molar-refractivity contribution in [2.75, 3.05) is 12.0 Å². The van der Waals surface area contributed by atoms with Crippen LogP contribution in [0.5, 0.6) is 0 Å². The molecule has 0 atom stereocenters. The Labute approximate surface area is 138 Å². The molecule has 0 aliphatic heterocycles. The van der Waals surface area contributed by atoms with Crippen LogP contribution in [0.25, 0.3) is 22.4 Å². The minimum absolute atomic E-state index is 0.316. The summed E-state index contributed by atoms with van der Waals surface area (Å²) in [4.78, 5) is 8.09. The second-order valence-electron chi connectivity index (χ2n) is 5.11. The Balaban J connectivity index is 2.01. The average molecular weight is 325 g/mol. The summed E-state index contributed by atoms with van der Waals surface area (Å²) in [6, 6.07) is 13.3. The van der Waals surface area contributed by atoms with Gasteiger partial charge >= 0.3 is 0 Å². The molecule has 116 valence electrons. The summed E-state index contributed by atoms with van der Waals surface area (Å²) in [7, 11) is 0. The summed E-state index contributed by atoms with van der Waals surface area (Å²) in [6.07, 6.45) is 4.96. The zero-order valence-corrected chi connectivity index (χ0v) is 13.5. The Hall–Kier alpha value is -2.40. The number of aromatic nitrogens is 2. The van der Waals surface area contributed by atoms with Gasteiger partial charge in [-0.05, 0) is 35.1 Å². The molecule has 0 saturated carbocycles. The Morgan fingerprint density at radius 2 is 1.87 bits per heavy atom. The molecular weight excluding hydrogens is 309 g/mol. The number of benzene rings is 2. The highest BCUT2D eigenvalue weighted by Gasteiger charge is 2.11. The standard InChI is InChI=1S/C18H16FN3S/c1-23-11-13-4-2-3-5-14(13)12-6-7-15(16(19)8-12)17-9-22-18(20)10-21-17/h2-10H,11H2,1H3,(H2,20,22). The Bertz CT molecular complexity index is 819. The van der Waals surface area contributed by atoms with Crippen molar-refractivity contribution in [2.45, 2.75) is 5.75 Å². The highest BCUT2D eigenvalue weighted by molar-refractivity contribution is 7.97. The van der Waals surface area contributed by atoms with Crippen molar-refractivity contribution in [3.63, 3.8) is 0 Å². The second kappa shape index (κ2) is 6.79. The van der Waals surface area contributed by atoms with E-state index in [2.05, 4.69) is 22.3 Å². The third kappa shape index (κ3) is 3.35. The Morgan fingerprint density at radius 3 is 2.57 bits per heavy atom. The third-order valence-electron chi connectivity index (χ3n) is 3.55. The topological polar surface area (TPSA) is 51.8 Å². The van der Waals surface area contributed by atoms with E-state index in [0.29, 0.717) is 17.1 Å². The van der Waals surface area contributed by atoms with E-state index >= 15 is 0 Å². The van der Waals surface area contributed by atoms with E-state index in [1.807, 2.05) is 24.3 Å². The van der Waals surface area contributed by atoms with Gasteiger partial charge in [-0.2, -0.15) is 11.8 Å². The van der Waals surface area contributed by atoms with E-state index < -0.39 is 0 Å². The molecule has 5 heteroatoms. The van der Waals surface area contributed by atoms with Gasteiger partial charge in [0.05, 0.1) is 18.1 Å². The van der Waals surface area contributed by atoms with Crippen molar-refractivity contribution in [3.8, 4) is 22.4 Å².